The Hall–Kier alpha value is -4.74. The van der Waals surface area contributed by atoms with Crippen molar-refractivity contribution in [2.45, 2.75) is 18.5 Å². The number of aromatic nitrogens is 5. The lowest BCUT2D eigenvalue weighted by atomic mass is 10.1. The summed E-state index contributed by atoms with van der Waals surface area (Å²) in [5, 5.41) is 22.7. The van der Waals surface area contributed by atoms with Crippen molar-refractivity contribution in [3.63, 3.8) is 0 Å². The van der Waals surface area contributed by atoms with E-state index in [0.717, 1.165) is 10.9 Å². The van der Waals surface area contributed by atoms with Crippen LogP contribution in [0.15, 0.2) is 59.8 Å². The molecule has 0 saturated carbocycles. The third-order valence-electron chi connectivity index (χ3n) is 5.85. The molecule has 1 aliphatic heterocycles. The molecule has 2 atom stereocenters. The first-order valence-electron chi connectivity index (χ1n) is 10.3. The van der Waals surface area contributed by atoms with E-state index >= 15 is 0 Å². The molecule has 1 fully saturated rings. The Balaban J connectivity index is 1.49. The van der Waals surface area contributed by atoms with Crippen molar-refractivity contribution in [2.24, 2.45) is 0 Å². The molecule has 12 heteroatoms. The Morgan fingerprint density at radius 1 is 1.06 bits per heavy atom. The third kappa shape index (κ3) is 3.50. The molecule has 3 aromatic heterocycles. The first kappa shape index (κ1) is 21.1. The molecule has 1 aromatic carbocycles. The maximum Gasteiger partial charge on any atom is 0.338 e. The fraction of sp³-hybridized carbons (Fsp3) is 0.182. The highest BCUT2D eigenvalue weighted by molar-refractivity contribution is 5.97. The van der Waals surface area contributed by atoms with Gasteiger partial charge in [0.25, 0.3) is 11.5 Å². The number of H-pyrrole nitrogens is 1. The number of hydrogen-bond acceptors (Lipinski definition) is 6. The molecule has 0 bridgehead atoms. The molecule has 172 valence electrons. The molecule has 1 saturated heterocycles. The van der Waals surface area contributed by atoms with Gasteiger partial charge in [-0.05, 0) is 18.2 Å². The SMILES string of the molecule is O=C(O)c1cnn(-c2nc3ccn([C@H]4C[C@@H](C(=O)O)N(C(=O)c5ccccc5)C4)c3c(=O)[nH]2)c1. The molecule has 0 unspecified atom stereocenters. The molecular formula is C22H18N6O6. The van der Waals surface area contributed by atoms with Crippen LogP contribution in [0.3, 0.4) is 0 Å². The summed E-state index contributed by atoms with van der Waals surface area (Å²) in [7, 11) is 0. The summed E-state index contributed by atoms with van der Waals surface area (Å²) in [4.78, 5) is 57.2. The lowest BCUT2D eigenvalue weighted by Crippen LogP contribution is -2.40. The molecule has 0 radical (unpaired) electrons. The summed E-state index contributed by atoms with van der Waals surface area (Å²) < 4.78 is 2.78. The van der Waals surface area contributed by atoms with Crippen LogP contribution in [0.5, 0.6) is 0 Å². The van der Waals surface area contributed by atoms with E-state index in [1.807, 2.05) is 0 Å². The summed E-state index contributed by atoms with van der Waals surface area (Å²) in [6.45, 7) is 0.108. The predicted molar refractivity (Wildman–Crippen MR) is 117 cm³/mol. The highest BCUT2D eigenvalue weighted by Crippen LogP contribution is 2.31. The lowest BCUT2D eigenvalue weighted by molar-refractivity contribution is -0.141. The van der Waals surface area contributed by atoms with Crippen molar-refractivity contribution in [3.8, 4) is 5.95 Å². The van der Waals surface area contributed by atoms with Gasteiger partial charge in [-0.2, -0.15) is 5.10 Å². The highest BCUT2D eigenvalue weighted by Gasteiger charge is 2.41. The Morgan fingerprint density at radius 3 is 2.50 bits per heavy atom. The number of carbonyl (C=O) groups excluding carboxylic acids is 1. The fourth-order valence-electron chi connectivity index (χ4n) is 4.25. The number of likely N-dealkylation sites (tertiary alicyclic amines) is 1. The zero-order chi connectivity index (χ0) is 24.0. The van der Waals surface area contributed by atoms with E-state index < -0.39 is 35.5 Å². The molecule has 4 aromatic rings. The molecule has 1 aliphatic rings. The largest absolute Gasteiger partial charge is 0.480 e. The number of amides is 1. The van der Waals surface area contributed by atoms with Gasteiger partial charge in [0, 0.05) is 30.9 Å². The number of nitrogens with zero attached hydrogens (tertiary/aromatic N) is 5. The molecule has 0 spiro atoms. The van der Waals surface area contributed by atoms with Gasteiger partial charge < -0.3 is 19.7 Å². The Bertz CT molecular complexity index is 1490. The standard InChI is InChI=1S/C22H18N6O6/c29-18-17-15(24-22(25-18)28-10-13(9-23-28)20(31)32)6-7-26(17)14-8-16(21(33)34)27(11-14)19(30)12-4-2-1-3-5-12/h1-7,9-10,14,16H,8,11H2,(H,31,32)(H,33,34)(H,24,25,29)/t14-,16-/m0/s1. The molecule has 12 nitrogen and oxygen atoms in total. The second kappa shape index (κ2) is 7.99. The van der Waals surface area contributed by atoms with E-state index in [4.69, 9.17) is 5.11 Å². The van der Waals surface area contributed by atoms with Crippen LogP contribution in [0.2, 0.25) is 0 Å². The normalized spacial score (nSPS) is 17.8. The van der Waals surface area contributed by atoms with Crippen LogP contribution in [0.25, 0.3) is 17.0 Å². The van der Waals surface area contributed by atoms with Gasteiger partial charge in [0.1, 0.15) is 11.6 Å². The average molecular weight is 462 g/mol. The molecule has 0 aliphatic carbocycles. The van der Waals surface area contributed by atoms with Crippen LogP contribution in [0.1, 0.15) is 33.2 Å². The lowest BCUT2D eigenvalue weighted by Gasteiger charge is -2.21. The van der Waals surface area contributed by atoms with Crippen molar-refractivity contribution in [3.05, 3.63) is 76.5 Å². The van der Waals surface area contributed by atoms with Crippen molar-refractivity contribution in [1.82, 2.24) is 29.2 Å². The average Bonchev–Trinajstić information content (AvgIpc) is 3.56. The second-order valence-corrected chi connectivity index (χ2v) is 7.89. The van der Waals surface area contributed by atoms with Crippen LogP contribution in [-0.2, 0) is 4.79 Å². The maximum atomic E-state index is 13.0. The van der Waals surface area contributed by atoms with Gasteiger partial charge in [-0.15, -0.1) is 0 Å². The third-order valence-corrected chi connectivity index (χ3v) is 5.85. The maximum absolute atomic E-state index is 13.0. The minimum absolute atomic E-state index is 0.0402. The van der Waals surface area contributed by atoms with Gasteiger partial charge in [-0.1, -0.05) is 18.2 Å². The van der Waals surface area contributed by atoms with E-state index in [2.05, 4.69) is 15.1 Å². The zero-order valence-corrected chi connectivity index (χ0v) is 17.5. The Morgan fingerprint density at radius 2 is 1.82 bits per heavy atom. The summed E-state index contributed by atoms with van der Waals surface area (Å²) in [6, 6.07) is 8.54. The number of aromatic amines is 1. The van der Waals surface area contributed by atoms with Crippen molar-refractivity contribution in [1.29, 1.82) is 0 Å². The smallest absolute Gasteiger partial charge is 0.338 e. The van der Waals surface area contributed by atoms with E-state index in [-0.39, 0.29) is 30.0 Å². The van der Waals surface area contributed by atoms with Crippen molar-refractivity contribution < 1.29 is 24.6 Å². The van der Waals surface area contributed by atoms with E-state index in [0.29, 0.717) is 11.1 Å². The first-order chi connectivity index (χ1) is 16.3. The number of benzene rings is 1. The van der Waals surface area contributed by atoms with Crippen LogP contribution in [0.4, 0.5) is 0 Å². The summed E-state index contributed by atoms with van der Waals surface area (Å²) in [6.07, 6.45) is 4.12. The number of aliphatic carboxylic acids is 1. The van der Waals surface area contributed by atoms with Crippen LogP contribution >= 0.6 is 0 Å². The van der Waals surface area contributed by atoms with Gasteiger partial charge in [0.2, 0.25) is 5.95 Å². The van der Waals surface area contributed by atoms with Gasteiger partial charge >= 0.3 is 11.9 Å². The van der Waals surface area contributed by atoms with Gasteiger partial charge in [0.15, 0.2) is 0 Å². The van der Waals surface area contributed by atoms with E-state index in [1.165, 1.54) is 11.1 Å². The van der Waals surface area contributed by atoms with Crippen LogP contribution in [-0.4, -0.2) is 69.9 Å². The number of rotatable bonds is 5. The summed E-state index contributed by atoms with van der Waals surface area (Å²) in [5.41, 5.74) is 0.366. The highest BCUT2D eigenvalue weighted by atomic mass is 16.4. The Kier molecular flexibility index (Phi) is 4.97. The molecule has 4 heterocycles. The monoisotopic (exact) mass is 462 g/mol. The summed E-state index contributed by atoms with van der Waals surface area (Å²) in [5.74, 6) is -2.64. The number of carbonyl (C=O) groups is 3. The minimum Gasteiger partial charge on any atom is -0.480 e. The Labute approximate surface area is 190 Å². The topological polar surface area (TPSA) is 163 Å². The number of fused-ring (bicyclic) bond motifs is 1. The number of nitrogens with one attached hydrogen (secondary N) is 1. The van der Waals surface area contributed by atoms with Gasteiger partial charge in [-0.3, -0.25) is 14.6 Å². The molecule has 34 heavy (non-hydrogen) atoms. The quantitative estimate of drug-likeness (QED) is 0.398. The number of aromatic carboxylic acids is 1. The number of hydrogen-bond donors (Lipinski definition) is 3. The van der Waals surface area contributed by atoms with E-state index in [1.54, 1.807) is 47.2 Å². The molecule has 3 N–H and O–H groups in total. The number of carboxylic acid groups (broad SMARTS) is 2. The van der Waals surface area contributed by atoms with Gasteiger partial charge in [0.05, 0.1) is 23.3 Å². The zero-order valence-electron chi connectivity index (χ0n) is 17.5. The molecule has 1 amide bonds. The van der Waals surface area contributed by atoms with E-state index in [9.17, 15) is 24.3 Å². The number of carboxylic acids is 2. The minimum atomic E-state index is -1.16. The van der Waals surface area contributed by atoms with Crippen molar-refractivity contribution in [2.75, 3.05) is 6.54 Å². The summed E-state index contributed by atoms with van der Waals surface area (Å²) >= 11 is 0. The molecule has 5 rings (SSSR count). The predicted octanol–water partition coefficient (Wildman–Crippen LogP) is 1.15. The van der Waals surface area contributed by atoms with Crippen LogP contribution < -0.4 is 5.56 Å². The second-order valence-electron chi connectivity index (χ2n) is 7.89. The first-order valence-corrected chi connectivity index (χ1v) is 10.3. The van der Waals surface area contributed by atoms with Gasteiger partial charge in [-0.25, -0.2) is 19.3 Å². The van der Waals surface area contributed by atoms with Crippen LogP contribution in [0, 0.1) is 0 Å². The fourth-order valence-corrected chi connectivity index (χ4v) is 4.25. The van der Waals surface area contributed by atoms with Crippen molar-refractivity contribution >= 4 is 28.9 Å². The molecular weight excluding hydrogens is 444 g/mol.